The van der Waals surface area contributed by atoms with Gasteiger partial charge in [0, 0.05) is 18.2 Å². The highest BCUT2D eigenvalue weighted by Gasteiger charge is 2.25. The molecule has 0 unspecified atom stereocenters. The first kappa shape index (κ1) is 10.7. The molecular formula is C13H14N2O. The third kappa shape index (κ3) is 1.92. The molecular weight excluding hydrogens is 200 g/mol. The third-order valence-corrected chi connectivity index (χ3v) is 3.07. The first-order valence-electron chi connectivity index (χ1n) is 5.53. The molecule has 0 saturated carbocycles. The monoisotopic (exact) mass is 214 g/mol. The highest BCUT2D eigenvalue weighted by Crippen LogP contribution is 2.19. The first-order chi connectivity index (χ1) is 7.72. The molecule has 1 aromatic rings. The fraction of sp³-hybridized carbons (Fsp3) is 0.385. The molecule has 0 radical (unpaired) electrons. The minimum Gasteiger partial charge on any atom is -0.336 e. The van der Waals surface area contributed by atoms with E-state index in [1.54, 1.807) is 24.3 Å². The molecule has 1 atom stereocenters. The molecule has 0 bridgehead atoms. The molecule has 3 heteroatoms. The molecule has 1 fully saturated rings. The summed E-state index contributed by atoms with van der Waals surface area (Å²) in [6.45, 7) is 2.93. The van der Waals surface area contributed by atoms with Crippen LogP contribution in [-0.4, -0.2) is 23.4 Å². The summed E-state index contributed by atoms with van der Waals surface area (Å²) in [6.07, 6.45) is 2.17. The highest BCUT2D eigenvalue weighted by atomic mass is 16.2. The Hall–Kier alpha value is -1.82. The second kappa shape index (κ2) is 4.36. The molecule has 1 aliphatic heterocycles. The number of rotatable bonds is 1. The molecule has 1 saturated heterocycles. The van der Waals surface area contributed by atoms with Gasteiger partial charge in [-0.05, 0) is 44.0 Å². The summed E-state index contributed by atoms with van der Waals surface area (Å²) < 4.78 is 0. The van der Waals surface area contributed by atoms with Gasteiger partial charge in [0.1, 0.15) is 0 Å². The Morgan fingerprint density at radius 3 is 2.62 bits per heavy atom. The van der Waals surface area contributed by atoms with Crippen molar-refractivity contribution < 1.29 is 4.79 Å². The van der Waals surface area contributed by atoms with Crippen LogP contribution in [0.1, 0.15) is 35.7 Å². The van der Waals surface area contributed by atoms with E-state index in [1.807, 2.05) is 11.0 Å². The number of carbonyl (C=O) groups is 1. The van der Waals surface area contributed by atoms with Crippen LogP contribution in [0.3, 0.4) is 0 Å². The second-order valence-corrected chi connectivity index (χ2v) is 4.18. The molecule has 1 aromatic carbocycles. The zero-order chi connectivity index (χ0) is 11.5. The van der Waals surface area contributed by atoms with Gasteiger partial charge in [-0.1, -0.05) is 0 Å². The Kier molecular flexibility index (Phi) is 2.91. The summed E-state index contributed by atoms with van der Waals surface area (Å²) in [5, 5.41) is 8.68. The van der Waals surface area contributed by atoms with Crippen molar-refractivity contribution in [1.29, 1.82) is 5.26 Å². The zero-order valence-corrected chi connectivity index (χ0v) is 9.31. The average Bonchev–Trinajstić information content (AvgIpc) is 2.75. The number of hydrogen-bond acceptors (Lipinski definition) is 2. The zero-order valence-electron chi connectivity index (χ0n) is 9.31. The van der Waals surface area contributed by atoms with Crippen LogP contribution < -0.4 is 0 Å². The number of benzene rings is 1. The van der Waals surface area contributed by atoms with Crippen molar-refractivity contribution in [1.82, 2.24) is 4.90 Å². The summed E-state index contributed by atoms with van der Waals surface area (Å²) in [7, 11) is 0. The average molecular weight is 214 g/mol. The van der Waals surface area contributed by atoms with Gasteiger partial charge in [0.25, 0.3) is 5.91 Å². The number of nitrogens with zero attached hydrogens (tertiary/aromatic N) is 2. The van der Waals surface area contributed by atoms with Crippen molar-refractivity contribution in [3.05, 3.63) is 35.4 Å². The van der Waals surface area contributed by atoms with E-state index in [0.717, 1.165) is 19.4 Å². The van der Waals surface area contributed by atoms with Crippen LogP contribution in [0.15, 0.2) is 24.3 Å². The fourth-order valence-electron chi connectivity index (χ4n) is 2.09. The molecule has 0 aromatic heterocycles. The summed E-state index contributed by atoms with van der Waals surface area (Å²) in [4.78, 5) is 14.0. The van der Waals surface area contributed by atoms with E-state index in [2.05, 4.69) is 6.92 Å². The summed E-state index contributed by atoms with van der Waals surface area (Å²) in [6, 6.07) is 9.22. The largest absolute Gasteiger partial charge is 0.336 e. The molecule has 16 heavy (non-hydrogen) atoms. The molecule has 1 amide bonds. The highest BCUT2D eigenvalue weighted by molar-refractivity contribution is 5.94. The Morgan fingerprint density at radius 2 is 2.12 bits per heavy atom. The molecule has 0 N–H and O–H groups in total. The molecule has 1 heterocycles. The van der Waals surface area contributed by atoms with Crippen LogP contribution in [0.25, 0.3) is 0 Å². The number of carbonyl (C=O) groups excluding carboxylic acids is 1. The van der Waals surface area contributed by atoms with Crippen molar-refractivity contribution >= 4 is 5.91 Å². The maximum Gasteiger partial charge on any atom is 0.254 e. The molecule has 82 valence electrons. The lowest BCUT2D eigenvalue weighted by molar-refractivity contribution is 0.0747. The molecule has 1 aliphatic rings. The molecule has 3 nitrogen and oxygen atoms in total. The molecule has 0 aliphatic carbocycles. The van der Waals surface area contributed by atoms with Crippen molar-refractivity contribution in [2.75, 3.05) is 6.54 Å². The first-order valence-corrected chi connectivity index (χ1v) is 5.53. The maximum atomic E-state index is 12.1. The van der Waals surface area contributed by atoms with E-state index >= 15 is 0 Å². The second-order valence-electron chi connectivity index (χ2n) is 4.18. The van der Waals surface area contributed by atoms with Crippen LogP contribution >= 0.6 is 0 Å². The van der Waals surface area contributed by atoms with Crippen LogP contribution in [-0.2, 0) is 0 Å². The van der Waals surface area contributed by atoms with Gasteiger partial charge in [0.05, 0.1) is 11.6 Å². The Morgan fingerprint density at radius 1 is 1.44 bits per heavy atom. The van der Waals surface area contributed by atoms with Crippen molar-refractivity contribution in [2.45, 2.75) is 25.8 Å². The van der Waals surface area contributed by atoms with Gasteiger partial charge in [-0.3, -0.25) is 4.79 Å². The van der Waals surface area contributed by atoms with Crippen LogP contribution in [0.5, 0.6) is 0 Å². The van der Waals surface area contributed by atoms with Crippen molar-refractivity contribution in [3.8, 4) is 6.07 Å². The Balaban J connectivity index is 2.18. The van der Waals surface area contributed by atoms with Gasteiger partial charge in [0.2, 0.25) is 0 Å². The van der Waals surface area contributed by atoms with Gasteiger partial charge in [-0.15, -0.1) is 0 Å². The molecule has 0 spiro atoms. The number of hydrogen-bond donors (Lipinski definition) is 0. The summed E-state index contributed by atoms with van der Waals surface area (Å²) >= 11 is 0. The van der Waals surface area contributed by atoms with E-state index in [1.165, 1.54) is 0 Å². The smallest absolute Gasteiger partial charge is 0.254 e. The predicted octanol–water partition coefficient (Wildman–Crippen LogP) is 2.18. The van der Waals surface area contributed by atoms with Crippen LogP contribution in [0.2, 0.25) is 0 Å². The Labute approximate surface area is 95.3 Å². The van der Waals surface area contributed by atoms with E-state index in [4.69, 9.17) is 5.26 Å². The predicted molar refractivity (Wildman–Crippen MR) is 60.9 cm³/mol. The number of amides is 1. The van der Waals surface area contributed by atoms with Gasteiger partial charge >= 0.3 is 0 Å². The quantitative estimate of drug-likeness (QED) is 0.719. The van der Waals surface area contributed by atoms with Crippen LogP contribution in [0, 0.1) is 11.3 Å². The van der Waals surface area contributed by atoms with E-state index in [0.29, 0.717) is 17.2 Å². The van der Waals surface area contributed by atoms with Gasteiger partial charge in [-0.2, -0.15) is 5.26 Å². The van der Waals surface area contributed by atoms with Crippen LogP contribution in [0.4, 0.5) is 0 Å². The third-order valence-electron chi connectivity index (χ3n) is 3.07. The Bertz CT molecular complexity index is 430. The SMILES string of the molecule is C[C@H]1CCCN1C(=O)c1ccc(C#N)cc1. The topological polar surface area (TPSA) is 44.1 Å². The minimum absolute atomic E-state index is 0.0782. The number of nitriles is 1. The lowest BCUT2D eigenvalue weighted by Crippen LogP contribution is -2.33. The van der Waals surface area contributed by atoms with Crippen molar-refractivity contribution in [3.63, 3.8) is 0 Å². The summed E-state index contributed by atoms with van der Waals surface area (Å²) in [5.74, 6) is 0.0782. The van der Waals surface area contributed by atoms with Gasteiger partial charge < -0.3 is 4.90 Å². The van der Waals surface area contributed by atoms with Gasteiger partial charge in [-0.25, -0.2) is 0 Å². The van der Waals surface area contributed by atoms with E-state index in [9.17, 15) is 4.79 Å². The lowest BCUT2D eigenvalue weighted by Gasteiger charge is -2.21. The summed E-state index contributed by atoms with van der Waals surface area (Å²) in [5.41, 5.74) is 1.26. The lowest BCUT2D eigenvalue weighted by atomic mass is 10.1. The van der Waals surface area contributed by atoms with E-state index < -0.39 is 0 Å². The fourth-order valence-corrected chi connectivity index (χ4v) is 2.09. The van der Waals surface area contributed by atoms with Crippen molar-refractivity contribution in [2.24, 2.45) is 0 Å². The molecule has 2 rings (SSSR count). The van der Waals surface area contributed by atoms with E-state index in [-0.39, 0.29) is 5.91 Å². The van der Waals surface area contributed by atoms with Gasteiger partial charge in [0.15, 0.2) is 0 Å². The standard InChI is InChI=1S/C13H14N2O/c1-10-3-2-8-15(10)13(16)12-6-4-11(9-14)5-7-12/h4-7,10H,2-3,8H2,1H3/t10-/m0/s1. The normalized spacial score (nSPS) is 19.5. The maximum absolute atomic E-state index is 12.1. The minimum atomic E-state index is 0.0782. The number of likely N-dealkylation sites (tertiary alicyclic amines) is 1.